The molecule has 1 aromatic rings. The van der Waals surface area contributed by atoms with E-state index in [1.165, 1.54) is 49.9 Å². The zero-order valence-electron chi connectivity index (χ0n) is 13.0. The van der Waals surface area contributed by atoms with E-state index in [1.54, 1.807) is 0 Å². The Morgan fingerprint density at radius 3 is 2.40 bits per heavy atom. The van der Waals surface area contributed by atoms with Gasteiger partial charge in [-0.25, -0.2) is 0 Å². The summed E-state index contributed by atoms with van der Waals surface area (Å²) in [5.41, 5.74) is 3.45. The van der Waals surface area contributed by atoms with E-state index in [9.17, 15) is 0 Å². The van der Waals surface area contributed by atoms with Gasteiger partial charge in [-0.1, -0.05) is 31.2 Å². The Hall–Kier alpha value is -0.860. The predicted molar refractivity (Wildman–Crippen MR) is 85.0 cm³/mol. The summed E-state index contributed by atoms with van der Waals surface area (Å²) in [6.07, 6.45) is 5.42. The van der Waals surface area contributed by atoms with Gasteiger partial charge in [-0.05, 0) is 68.3 Å². The number of hydrogen-bond acceptors (Lipinski definition) is 2. The summed E-state index contributed by atoms with van der Waals surface area (Å²) >= 11 is 0. The molecule has 0 unspecified atom stereocenters. The highest BCUT2D eigenvalue weighted by molar-refractivity contribution is 5.27. The zero-order valence-corrected chi connectivity index (χ0v) is 13.0. The molecule has 2 fully saturated rings. The van der Waals surface area contributed by atoms with E-state index in [4.69, 9.17) is 0 Å². The smallest absolute Gasteiger partial charge is 0.0205 e. The zero-order chi connectivity index (χ0) is 14.0. The second kappa shape index (κ2) is 5.87. The van der Waals surface area contributed by atoms with Gasteiger partial charge in [-0.15, -0.1) is 0 Å². The van der Waals surface area contributed by atoms with Crippen LogP contribution in [0.5, 0.6) is 0 Å². The first kappa shape index (κ1) is 14.1. The summed E-state index contributed by atoms with van der Waals surface area (Å²) in [6, 6.07) is 9.26. The highest BCUT2D eigenvalue weighted by atomic mass is 15.1. The predicted octanol–water partition coefficient (Wildman–Crippen LogP) is 3.39. The van der Waals surface area contributed by atoms with Gasteiger partial charge >= 0.3 is 0 Å². The van der Waals surface area contributed by atoms with Crippen molar-refractivity contribution < 1.29 is 0 Å². The van der Waals surface area contributed by atoms with Gasteiger partial charge in [-0.3, -0.25) is 0 Å². The lowest BCUT2D eigenvalue weighted by atomic mass is 9.80. The molecule has 0 bridgehead atoms. The van der Waals surface area contributed by atoms with Crippen LogP contribution in [0.15, 0.2) is 24.3 Å². The summed E-state index contributed by atoms with van der Waals surface area (Å²) in [5.74, 6) is 0.871. The molecule has 1 saturated carbocycles. The van der Waals surface area contributed by atoms with Crippen LogP contribution in [0.1, 0.15) is 49.7 Å². The van der Waals surface area contributed by atoms with E-state index in [-0.39, 0.29) is 0 Å². The molecule has 2 aliphatic rings. The molecule has 1 heterocycles. The van der Waals surface area contributed by atoms with Gasteiger partial charge in [0.05, 0.1) is 0 Å². The normalized spacial score (nSPS) is 22.9. The fourth-order valence-electron chi connectivity index (χ4n) is 3.17. The highest BCUT2D eigenvalue weighted by Gasteiger charge is 2.28. The highest BCUT2D eigenvalue weighted by Crippen LogP contribution is 2.39. The molecule has 0 radical (unpaired) electrons. The second-order valence-electron chi connectivity index (χ2n) is 7.23. The van der Waals surface area contributed by atoms with Crippen LogP contribution in [0, 0.1) is 5.41 Å². The molecule has 0 aromatic heterocycles. The number of benzene rings is 1. The van der Waals surface area contributed by atoms with Crippen molar-refractivity contribution >= 4 is 0 Å². The van der Waals surface area contributed by atoms with Crippen LogP contribution in [-0.4, -0.2) is 31.6 Å². The molecule has 0 amide bonds. The number of likely N-dealkylation sites (tertiary alicyclic amines) is 1. The van der Waals surface area contributed by atoms with E-state index >= 15 is 0 Å². The monoisotopic (exact) mass is 272 g/mol. The molecular weight excluding hydrogens is 244 g/mol. The lowest BCUT2D eigenvalue weighted by Gasteiger charge is -2.38. The molecule has 110 valence electrons. The second-order valence-corrected chi connectivity index (χ2v) is 7.23. The summed E-state index contributed by atoms with van der Waals surface area (Å²) in [6.45, 7) is 7.08. The first-order valence-corrected chi connectivity index (χ1v) is 8.13. The third-order valence-electron chi connectivity index (χ3n) is 5.10. The first-order chi connectivity index (χ1) is 9.65. The minimum atomic E-state index is 0.487. The van der Waals surface area contributed by atoms with Crippen LogP contribution in [0.4, 0.5) is 0 Å². The van der Waals surface area contributed by atoms with Crippen molar-refractivity contribution in [3.63, 3.8) is 0 Å². The average Bonchev–Trinajstić information content (AvgIpc) is 3.28. The van der Waals surface area contributed by atoms with Gasteiger partial charge in [0.2, 0.25) is 0 Å². The van der Waals surface area contributed by atoms with Crippen LogP contribution >= 0.6 is 0 Å². The molecule has 0 atom stereocenters. The van der Waals surface area contributed by atoms with Crippen molar-refractivity contribution in [3.05, 3.63) is 35.4 Å². The molecule has 1 aliphatic carbocycles. The third kappa shape index (κ3) is 3.62. The Bertz CT molecular complexity index is 425. The molecule has 20 heavy (non-hydrogen) atoms. The van der Waals surface area contributed by atoms with E-state index in [1.807, 2.05) is 0 Å². The quantitative estimate of drug-likeness (QED) is 0.884. The topological polar surface area (TPSA) is 15.3 Å². The summed E-state index contributed by atoms with van der Waals surface area (Å²) in [5, 5.41) is 3.67. The van der Waals surface area contributed by atoms with Crippen molar-refractivity contribution in [1.29, 1.82) is 0 Å². The van der Waals surface area contributed by atoms with Crippen LogP contribution < -0.4 is 5.32 Å². The summed E-state index contributed by atoms with van der Waals surface area (Å²) < 4.78 is 0. The minimum Gasteiger partial charge on any atom is -0.312 e. The number of piperidine rings is 1. The third-order valence-corrected chi connectivity index (χ3v) is 5.10. The Morgan fingerprint density at radius 2 is 1.80 bits per heavy atom. The summed E-state index contributed by atoms with van der Waals surface area (Å²) in [4.78, 5) is 2.44. The van der Waals surface area contributed by atoms with E-state index in [2.05, 4.69) is 48.5 Å². The standard InChI is InChI=1S/C18H28N2/c1-18(9-11-20(2)12-10-18)14-19-13-15-3-5-16(6-4-15)17-7-8-17/h3-6,17,19H,7-14H2,1-2H3. The molecular formula is C18H28N2. The van der Waals surface area contributed by atoms with Gasteiger partial charge < -0.3 is 10.2 Å². The average molecular weight is 272 g/mol. The van der Waals surface area contributed by atoms with Gasteiger partial charge in [-0.2, -0.15) is 0 Å². The van der Waals surface area contributed by atoms with Crippen molar-refractivity contribution in [1.82, 2.24) is 10.2 Å². The van der Waals surface area contributed by atoms with Crippen molar-refractivity contribution in [2.75, 3.05) is 26.7 Å². The molecule has 2 nitrogen and oxygen atoms in total. The fourth-order valence-corrected chi connectivity index (χ4v) is 3.17. The maximum absolute atomic E-state index is 3.67. The molecule has 1 aliphatic heterocycles. The van der Waals surface area contributed by atoms with Gasteiger partial charge in [0.25, 0.3) is 0 Å². The van der Waals surface area contributed by atoms with Gasteiger partial charge in [0.1, 0.15) is 0 Å². The SMILES string of the molecule is CN1CCC(C)(CNCc2ccc(C3CC3)cc2)CC1. The van der Waals surface area contributed by atoms with Crippen LogP contribution in [0.2, 0.25) is 0 Å². The molecule has 1 saturated heterocycles. The largest absolute Gasteiger partial charge is 0.312 e. The lowest BCUT2D eigenvalue weighted by molar-refractivity contribution is 0.137. The summed E-state index contributed by atoms with van der Waals surface area (Å²) in [7, 11) is 2.23. The van der Waals surface area contributed by atoms with Gasteiger partial charge in [0, 0.05) is 13.1 Å². The van der Waals surface area contributed by atoms with E-state index in [0.29, 0.717) is 5.41 Å². The minimum absolute atomic E-state index is 0.487. The number of nitrogens with zero attached hydrogens (tertiary/aromatic N) is 1. The molecule has 3 rings (SSSR count). The molecule has 0 spiro atoms. The first-order valence-electron chi connectivity index (χ1n) is 8.13. The van der Waals surface area contributed by atoms with Crippen molar-refractivity contribution in [2.45, 2.75) is 45.1 Å². The maximum Gasteiger partial charge on any atom is 0.0205 e. The maximum atomic E-state index is 3.67. The number of hydrogen-bond donors (Lipinski definition) is 1. The van der Waals surface area contributed by atoms with Crippen LogP contribution in [-0.2, 0) is 6.54 Å². The molecule has 1 aromatic carbocycles. The van der Waals surface area contributed by atoms with Crippen LogP contribution in [0.3, 0.4) is 0 Å². The fraction of sp³-hybridized carbons (Fsp3) is 0.667. The van der Waals surface area contributed by atoms with Crippen LogP contribution in [0.25, 0.3) is 0 Å². The van der Waals surface area contributed by atoms with Gasteiger partial charge in [0.15, 0.2) is 0 Å². The Kier molecular flexibility index (Phi) is 4.13. The number of nitrogens with one attached hydrogen (secondary N) is 1. The lowest BCUT2D eigenvalue weighted by Crippen LogP contribution is -2.41. The Labute approximate surface area is 123 Å². The Morgan fingerprint density at radius 1 is 1.15 bits per heavy atom. The molecule has 2 heteroatoms. The van der Waals surface area contributed by atoms with Crippen molar-refractivity contribution in [2.24, 2.45) is 5.41 Å². The van der Waals surface area contributed by atoms with E-state index < -0.39 is 0 Å². The van der Waals surface area contributed by atoms with E-state index in [0.717, 1.165) is 19.0 Å². The Balaban J connectivity index is 1.44. The molecule has 1 N–H and O–H groups in total. The number of rotatable bonds is 5. The van der Waals surface area contributed by atoms with Crippen molar-refractivity contribution in [3.8, 4) is 0 Å².